The molecular formula is C14H16O5. The van der Waals surface area contributed by atoms with Gasteiger partial charge in [0.05, 0.1) is 13.2 Å². The van der Waals surface area contributed by atoms with Gasteiger partial charge < -0.3 is 25.2 Å². The Morgan fingerprint density at radius 3 is 1.00 bits per heavy atom. The van der Waals surface area contributed by atoms with Crippen molar-refractivity contribution in [1.29, 1.82) is 0 Å². The van der Waals surface area contributed by atoms with Crippen LogP contribution in [0.15, 0.2) is 48.5 Å². The molecule has 1 aliphatic rings. The quantitative estimate of drug-likeness (QED) is 0.547. The Labute approximate surface area is 111 Å². The Kier molecular flexibility index (Phi) is 6.05. The van der Waals surface area contributed by atoms with Gasteiger partial charge in [0.25, 0.3) is 0 Å². The zero-order valence-electron chi connectivity index (χ0n) is 10.2. The summed E-state index contributed by atoms with van der Waals surface area (Å²) in [6.07, 6.45) is 0. The summed E-state index contributed by atoms with van der Waals surface area (Å²) in [5, 5.41) is 34.6. The predicted octanol–water partition coefficient (Wildman–Crippen LogP) is 2.21. The molecule has 2 aromatic rings. The molecule has 3 rings (SSSR count). The molecule has 1 saturated heterocycles. The van der Waals surface area contributed by atoms with Crippen molar-refractivity contribution < 1.29 is 25.2 Å². The van der Waals surface area contributed by atoms with Crippen LogP contribution in [0, 0.1) is 0 Å². The molecule has 5 heteroatoms. The van der Waals surface area contributed by atoms with E-state index in [1.165, 1.54) is 36.4 Å². The third-order valence-electron chi connectivity index (χ3n) is 1.86. The van der Waals surface area contributed by atoms with E-state index in [0.717, 1.165) is 13.2 Å². The van der Waals surface area contributed by atoms with Crippen molar-refractivity contribution in [2.75, 3.05) is 13.2 Å². The maximum Gasteiger partial charge on any atom is 0.119 e. The third-order valence-corrected chi connectivity index (χ3v) is 1.86. The standard InChI is InChI=1S/2C6H6O2.C2H4O/c2*7-5-2-1-3-6(8)4-5;1-2-3-1/h2*1-4,7-8H;1-2H2. The lowest BCUT2D eigenvalue weighted by atomic mass is 10.3. The SMILES string of the molecule is C1CO1.Oc1cccc(O)c1.Oc1cccc(O)c1. The smallest absolute Gasteiger partial charge is 0.119 e. The van der Waals surface area contributed by atoms with Gasteiger partial charge in [-0.2, -0.15) is 0 Å². The van der Waals surface area contributed by atoms with Crippen molar-refractivity contribution in [2.24, 2.45) is 0 Å². The first kappa shape index (κ1) is 14.7. The van der Waals surface area contributed by atoms with Crippen molar-refractivity contribution >= 4 is 0 Å². The van der Waals surface area contributed by atoms with Crippen molar-refractivity contribution in [1.82, 2.24) is 0 Å². The topological polar surface area (TPSA) is 93.5 Å². The number of ether oxygens (including phenoxy) is 1. The van der Waals surface area contributed by atoms with Crippen molar-refractivity contribution in [3.8, 4) is 23.0 Å². The minimum atomic E-state index is 0.0880. The van der Waals surface area contributed by atoms with E-state index in [2.05, 4.69) is 4.74 Å². The Morgan fingerprint density at radius 2 is 0.895 bits per heavy atom. The average Bonchev–Trinajstić information content (AvgIpc) is 3.16. The van der Waals surface area contributed by atoms with Gasteiger partial charge in [0.15, 0.2) is 0 Å². The highest BCUT2D eigenvalue weighted by molar-refractivity contribution is 5.30. The minimum absolute atomic E-state index is 0.0880. The van der Waals surface area contributed by atoms with Gasteiger partial charge >= 0.3 is 0 Å². The van der Waals surface area contributed by atoms with Crippen LogP contribution in [0.2, 0.25) is 0 Å². The van der Waals surface area contributed by atoms with Gasteiger partial charge in [0.2, 0.25) is 0 Å². The van der Waals surface area contributed by atoms with Crippen LogP contribution in [0.3, 0.4) is 0 Å². The highest BCUT2D eigenvalue weighted by atomic mass is 16.6. The first-order chi connectivity index (χ1) is 9.08. The lowest BCUT2D eigenvalue weighted by molar-refractivity contribution is 0.449. The lowest BCUT2D eigenvalue weighted by Crippen LogP contribution is -1.61. The zero-order chi connectivity index (χ0) is 14.1. The van der Waals surface area contributed by atoms with E-state index in [1.807, 2.05) is 0 Å². The number of aromatic hydroxyl groups is 4. The Morgan fingerprint density at radius 1 is 0.632 bits per heavy atom. The molecule has 0 amide bonds. The van der Waals surface area contributed by atoms with Crippen LogP contribution in [0.5, 0.6) is 23.0 Å². The fourth-order valence-electron chi connectivity index (χ4n) is 0.986. The van der Waals surface area contributed by atoms with E-state index in [-0.39, 0.29) is 23.0 Å². The van der Waals surface area contributed by atoms with Crippen LogP contribution >= 0.6 is 0 Å². The number of phenols is 4. The highest BCUT2D eigenvalue weighted by Crippen LogP contribution is 2.15. The number of epoxide rings is 1. The average molecular weight is 264 g/mol. The van der Waals surface area contributed by atoms with E-state index in [9.17, 15) is 0 Å². The van der Waals surface area contributed by atoms with Crippen LogP contribution in [0.25, 0.3) is 0 Å². The summed E-state index contributed by atoms with van der Waals surface area (Å²) in [6.45, 7) is 2.00. The maximum absolute atomic E-state index is 8.65. The Hall–Kier alpha value is -2.40. The monoisotopic (exact) mass is 264 g/mol. The summed E-state index contributed by atoms with van der Waals surface area (Å²) in [6, 6.07) is 11.7. The predicted molar refractivity (Wildman–Crippen MR) is 70.4 cm³/mol. The molecule has 0 radical (unpaired) electrons. The number of hydrogen-bond donors (Lipinski definition) is 4. The fraction of sp³-hybridized carbons (Fsp3) is 0.143. The second kappa shape index (κ2) is 7.84. The van der Waals surface area contributed by atoms with E-state index in [0.29, 0.717) is 0 Å². The van der Waals surface area contributed by atoms with Gasteiger partial charge in [-0.1, -0.05) is 12.1 Å². The zero-order valence-corrected chi connectivity index (χ0v) is 10.2. The number of rotatable bonds is 0. The van der Waals surface area contributed by atoms with Gasteiger partial charge in [-0.3, -0.25) is 0 Å². The number of hydrogen-bond acceptors (Lipinski definition) is 5. The minimum Gasteiger partial charge on any atom is -0.508 e. The second-order valence-corrected chi connectivity index (χ2v) is 3.65. The Balaban J connectivity index is 0.000000156. The largest absolute Gasteiger partial charge is 0.508 e. The summed E-state index contributed by atoms with van der Waals surface area (Å²) >= 11 is 0. The Bertz CT molecular complexity index is 416. The first-order valence-electron chi connectivity index (χ1n) is 5.61. The first-order valence-corrected chi connectivity index (χ1v) is 5.61. The molecule has 1 heterocycles. The van der Waals surface area contributed by atoms with Gasteiger partial charge in [-0.25, -0.2) is 0 Å². The summed E-state index contributed by atoms with van der Waals surface area (Å²) < 4.78 is 4.50. The van der Waals surface area contributed by atoms with Crippen LogP contribution in [0.4, 0.5) is 0 Å². The molecule has 0 saturated carbocycles. The summed E-state index contributed by atoms with van der Waals surface area (Å²) in [7, 11) is 0. The van der Waals surface area contributed by atoms with Gasteiger partial charge in [0.1, 0.15) is 23.0 Å². The van der Waals surface area contributed by atoms with Crippen LogP contribution in [-0.2, 0) is 4.74 Å². The van der Waals surface area contributed by atoms with Crippen LogP contribution < -0.4 is 0 Å². The molecule has 5 nitrogen and oxygen atoms in total. The van der Waals surface area contributed by atoms with E-state index >= 15 is 0 Å². The molecule has 1 aliphatic heterocycles. The molecule has 0 atom stereocenters. The normalized spacial score (nSPS) is 11.4. The van der Waals surface area contributed by atoms with Crippen LogP contribution in [0.1, 0.15) is 0 Å². The van der Waals surface area contributed by atoms with Gasteiger partial charge in [-0.15, -0.1) is 0 Å². The summed E-state index contributed by atoms with van der Waals surface area (Å²) in [5.74, 6) is 0.352. The van der Waals surface area contributed by atoms with Crippen molar-refractivity contribution in [3.05, 3.63) is 48.5 Å². The molecule has 0 spiro atoms. The maximum atomic E-state index is 8.65. The molecule has 0 aromatic heterocycles. The second-order valence-electron chi connectivity index (χ2n) is 3.65. The lowest BCUT2D eigenvalue weighted by Gasteiger charge is -1.89. The molecule has 2 aromatic carbocycles. The molecule has 19 heavy (non-hydrogen) atoms. The number of phenolic OH excluding ortho intramolecular Hbond substituents is 4. The third kappa shape index (κ3) is 8.34. The van der Waals surface area contributed by atoms with Gasteiger partial charge in [0, 0.05) is 12.1 Å². The van der Waals surface area contributed by atoms with Crippen LogP contribution in [-0.4, -0.2) is 33.6 Å². The molecule has 4 N–H and O–H groups in total. The number of benzene rings is 2. The van der Waals surface area contributed by atoms with E-state index < -0.39 is 0 Å². The molecule has 1 fully saturated rings. The van der Waals surface area contributed by atoms with Gasteiger partial charge in [-0.05, 0) is 24.3 Å². The fourth-order valence-corrected chi connectivity index (χ4v) is 0.986. The van der Waals surface area contributed by atoms with E-state index in [4.69, 9.17) is 20.4 Å². The highest BCUT2D eigenvalue weighted by Gasteiger charge is 1.94. The molecule has 0 aliphatic carbocycles. The molecular weight excluding hydrogens is 248 g/mol. The molecule has 0 bridgehead atoms. The van der Waals surface area contributed by atoms with E-state index in [1.54, 1.807) is 12.1 Å². The molecule has 102 valence electrons. The molecule has 0 unspecified atom stereocenters. The van der Waals surface area contributed by atoms with Crippen molar-refractivity contribution in [2.45, 2.75) is 0 Å². The van der Waals surface area contributed by atoms with Crippen molar-refractivity contribution in [3.63, 3.8) is 0 Å². The summed E-state index contributed by atoms with van der Waals surface area (Å²) in [4.78, 5) is 0. The summed E-state index contributed by atoms with van der Waals surface area (Å²) in [5.41, 5.74) is 0.